The number of carbonyl (C=O) groups excluding carboxylic acids is 1. The van der Waals surface area contributed by atoms with E-state index < -0.39 is 0 Å². The van der Waals surface area contributed by atoms with Gasteiger partial charge in [-0.1, -0.05) is 0 Å². The van der Waals surface area contributed by atoms with Crippen molar-refractivity contribution in [1.29, 1.82) is 0 Å². The topological polar surface area (TPSA) is 11.3 Å². The third kappa shape index (κ3) is 3.45. The van der Waals surface area contributed by atoms with Gasteiger partial charge in [-0.15, -0.1) is 0 Å². The molecule has 0 unspecified atom stereocenters. The van der Waals surface area contributed by atoms with Gasteiger partial charge in [-0.3, -0.25) is 0 Å². The van der Waals surface area contributed by atoms with Crippen molar-refractivity contribution in [2.75, 3.05) is 6.61 Å². The van der Waals surface area contributed by atoms with Crippen LogP contribution in [0.4, 0.5) is 0 Å². The Hall–Kier alpha value is -0.550. The minimum absolute atomic E-state index is 0.420. The van der Waals surface area contributed by atoms with Crippen molar-refractivity contribution in [2.24, 2.45) is 0 Å². The third-order valence-corrected chi connectivity index (χ3v) is 0.204. The minimum Gasteiger partial charge on any atom is -0.246 e. The van der Waals surface area contributed by atoms with Crippen LogP contribution in [-0.2, 0) is 4.42 Å². The van der Waals surface area contributed by atoms with Gasteiger partial charge in [0.05, 0.1) is 0 Å². The Morgan fingerprint density at radius 3 is 2.60 bits per heavy atom. The molecule has 0 radical (unpaired) electrons. The van der Waals surface area contributed by atoms with Crippen LogP contribution in [-0.4, -0.2) is 12.5 Å². The first kappa shape index (κ1) is 4.45. The SMILES string of the molecule is C=C=[O+]C[CH2-]. The van der Waals surface area contributed by atoms with E-state index in [1.165, 1.54) is 0 Å². The zero-order valence-corrected chi connectivity index (χ0v) is 3.03. The number of rotatable bonds is 1. The number of hydrogen-bond donors (Lipinski definition) is 0. The van der Waals surface area contributed by atoms with E-state index in [9.17, 15) is 0 Å². The summed E-state index contributed by atoms with van der Waals surface area (Å²) < 4.78 is 4.36. The minimum atomic E-state index is 0.420. The molecular weight excluding hydrogens is 64.0 g/mol. The summed E-state index contributed by atoms with van der Waals surface area (Å²) >= 11 is 0. The molecule has 0 saturated heterocycles. The van der Waals surface area contributed by atoms with Gasteiger partial charge < -0.3 is 0 Å². The van der Waals surface area contributed by atoms with Crippen molar-refractivity contribution in [2.45, 2.75) is 0 Å². The Kier molecular flexibility index (Phi) is 3.07. The highest BCUT2D eigenvalue weighted by atomic mass is 16.4. The molecule has 0 amide bonds. The fourth-order valence-electron chi connectivity index (χ4n) is 0.0722. The highest BCUT2D eigenvalue weighted by molar-refractivity contribution is 5.39. The lowest BCUT2D eigenvalue weighted by Crippen LogP contribution is -1.67. The van der Waals surface area contributed by atoms with Crippen LogP contribution in [0.2, 0.25) is 0 Å². The lowest BCUT2D eigenvalue weighted by Gasteiger charge is -1.57. The second-order valence-corrected chi connectivity index (χ2v) is 0.493. The third-order valence-electron chi connectivity index (χ3n) is 0.204. The Morgan fingerprint density at radius 1 is 2.00 bits per heavy atom. The summed E-state index contributed by atoms with van der Waals surface area (Å²) in [5.74, 6) is 2.20. The first-order valence-corrected chi connectivity index (χ1v) is 1.35. The monoisotopic (exact) mass is 70.0 g/mol. The summed E-state index contributed by atoms with van der Waals surface area (Å²) in [6, 6.07) is 0. The van der Waals surface area contributed by atoms with Crippen molar-refractivity contribution in [3.63, 3.8) is 0 Å². The summed E-state index contributed by atoms with van der Waals surface area (Å²) in [6.07, 6.45) is 0. The molecule has 0 rings (SSSR count). The van der Waals surface area contributed by atoms with Crippen molar-refractivity contribution < 1.29 is 4.42 Å². The quantitative estimate of drug-likeness (QED) is 0.240. The smallest absolute Gasteiger partial charge is 0.246 e. The van der Waals surface area contributed by atoms with Gasteiger partial charge in [0.1, 0.15) is 0 Å². The lowest BCUT2D eigenvalue weighted by molar-refractivity contribution is 0.144. The fourth-order valence-corrected chi connectivity index (χ4v) is 0.0722. The highest BCUT2D eigenvalue weighted by Crippen LogP contribution is 1.42. The van der Waals surface area contributed by atoms with Gasteiger partial charge in [-0.2, -0.15) is 0 Å². The van der Waals surface area contributed by atoms with E-state index in [1.807, 2.05) is 0 Å². The lowest BCUT2D eigenvalue weighted by atomic mass is 10.9. The predicted octanol–water partition coefficient (Wildman–Crippen LogP) is 0.374. The van der Waals surface area contributed by atoms with Crippen molar-refractivity contribution in [3.05, 3.63) is 13.5 Å². The maximum absolute atomic E-state index is 4.36. The van der Waals surface area contributed by atoms with Gasteiger partial charge in [0.2, 0.25) is 0 Å². The summed E-state index contributed by atoms with van der Waals surface area (Å²) in [5.41, 5.74) is 0. The first-order chi connectivity index (χ1) is 2.41. The van der Waals surface area contributed by atoms with Gasteiger partial charge in [0.15, 0.2) is 6.61 Å². The normalized spacial score (nSPS) is 5.80. The molecule has 0 aromatic rings. The first-order valence-electron chi connectivity index (χ1n) is 1.35. The zero-order chi connectivity index (χ0) is 4.12. The molecule has 0 spiro atoms. The van der Waals surface area contributed by atoms with Crippen LogP contribution < -0.4 is 0 Å². The van der Waals surface area contributed by atoms with E-state index in [0.717, 1.165) is 0 Å². The highest BCUT2D eigenvalue weighted by Gasteiger charge is 1.55. The molecule has 0 fully saturated rings. The largest absolute Gasteiger partial charge is 0.332 e. The van der Waals surface area contributed by atoms with Crippen LogP contribution in [0.1, 0.15) is 0 Å². The van der Waals surface area contributed by atoms with Gasteiger partial charge >= 0.3 is 5.94 Å². The predicted molar refractivity (Wildman–Crippen MR) is 21.5 cm³/mol. The molecular formula is C4H6O. The maximum atomic E-state index is 4.36. The van der Waals surface area contributed by atoms with Gasteiger partial charge in [-0.25, -0.2) is 11.3 Å². The van der Waals surface area contributed by atoms with Crippen LogP contribution in [0.25, 0.3) is 0 Å². The fraction of sp³-hybridized carbons (Fsp3) is 0.250. The zero-order valence-electron chi connectivity index (χ0n) is 3.03. The van der Waals surface area contributed by atoms with Crippen molar-refractivity contribution >= 4 is 5.94 Å². The molecule has 1 heteroatoms. The van der Waals surface area contributed by atoms with Crippen LogP contribution in [0.15, 0.2) is 6.58 Å². The van der Waals surface area contributed by atoms with Crippen LogP contribution >= 0.6 is 0 Å². The Balaban J connectivity index is 2.93. The van der Waals surface area contributed by atoms with E-state index in [1.54, 1.807) is 0 Å². The second kappa shape index (κ2) is 3.45. The Morgan fingerprint density at radius 2 is 2.60 bits per heavy atom. The molecule has 0 aromatic carbocycles. The summed E-state index contributed by atoms with van der Waals surface area (Å²) in [6.45, 7) is 6.93. The summed E-state index contributed by atoms with van der Waals surface area (Å²) in [7, 11) is 0. The molecule has 0 atom stereocenters. The molecule has 0 bridgehead atoms. The molecule has 0 heterocycles. The van der Waals surface area contributed by atoms with E-state index in [4.69, 9.17) is 0 Å². The van der Waals surface area contributed by atoms with Crippen LogP contribution in [0.3, 0.4) is 0 Å². The summed E-state index contributed by atoms with van der Waals surface area (Å²) in [5, 5.41) is 0. The maximum Gasteiger partial charge on any atom is 0.332 e. The van der Waals surface area contributed by atoms with Gasteiger partial charge in [0.25, 0.3) is 0 Å². The standard InChI is InChI=1S/C4H6O/c1-3-5-4-2/h1-3H2. The summed E-state index contributed by atoms with van der Waals surface area (Å²) in [4.78, 5) is 0. The molecule has 0 aliphatic rings. The van der Waals surface area contributed by atoms with E-state index in [-0.39, 0.29) is 0 Å². The van der Waals surface area contributed by atoms with E-state index >= 15 is 0 Å². The van der Waals surface area contributed by atoms with Gasteiger partial charge in [-0.05, 0) is 0 Å². The number of hydrogen-bond acceptors (Lipinski definition) is 0. The Labute approximate surface area is 31.6 Å². The average Bonchev–Trinajstić information content (AvgIpc) is 1.41. The molecule has 28 valence electrons. The molecule has 0 aliphatic heterocycles. The molecule has 0 N–H and O–H groups in total. The molecule has 0 saturated carbocycles. The van der Waals surface area contributed by atoms with Crippen LogP contribution in [0, 0.1) is 6.92 Å². The van der Waals surface area contributed by atoms with Gasteiger partial charge in [0, 0.05) is 6.58 Å². The van der Waals surface area contributed by atoms with Crippen LogP contribution in [0.5, 0.6) is 0 Å². The van der Waals surface area contributed by atoms with E-state index in [2.05, 4.69) is 23.9 Å². The molecule has 5 heavy (non-hydrogen) atoms. The van der Waals surface area contributed by atoms with E-state index in [0.29, 0.717) is 6.61 Å². The second-order valence-electron chi connectivity index (χ2n) is 0.493. The van der Waals surface area contributed by atoms with Crippen molar-refractivity contribution in [3.8, 4) is 0 Å². The Bertz CT molecular complexity index is 50.7. The molecule has 0 aliphatic carbocycles. The molecule has 0 aromatic heterocycles. The molecule has 1 nitrogen and oxygen atoms in total. The average molecular weight is 70.1 g/mol. The van der Waals surface area contributed by atoms with Crippen molar-refractivity contribution in [1.82, 2.24) is 0 Å².